The lowest BCUT2D eigenvalue weighted by Crippen LogP contribution is -2.50. The van der Waals surface area contributed by atoms with Crippen molar-refractivity contribution in [1.82, 2.24) is 14.5 Å². The first-order valence-corrected chi connectivity index (χ1v) is 11.5. The van der Waals surface area contributed by atoms with Crippen LogP contribution in [-0.2, 0) is 13.2 Å². The van der Waals surface area contributed by atoms with E-state index in [1.54, 1.807) is 0 Å². The number of anilines is 2. The average molecular weight is 487 g/mol. The zero-order chi connectivity index (χ0) is 24.1. The van der Waals surface area contributed by atoms with Crippen LogP contribution in [0.25, 0.3) is 0 Å². The van der Waals surface area contributed by atoms with Crippen LogP contribution in [0.2, 0.25) is 0 Å². The molecule has 1 aliphatic heterocycles. The summed E-state index contributed by atoms with van der Waals surface area (Å²) in [5.41, 5.74) is 10.3. The molecule has 3 atom stereocenters. The highest BCUT2D eigenvalue weighted by atomic mass is 32.2. The van der Waals surface area contributed by atoms with Gasteiger partial charge < -0.3 is 16.4 Å². The molecule has 2 aromatic rings. The summed E-state index contributed by atoms with van der Waals surface area (Å²) >= 11 is 0.600. The van der Waals surface area contributed by atoms with Gasteiger partial charge in [0.25, 0.3) is 5.56 Å². The summed E-state index contributed by atoms with van der Waals surface area (Å²) < 4.78 is 55.5. The fourth-order valence-corrected chi connectivity index (χ4v) is 6.04. The number of piperidine rings is 1. The smallest absolute Gasteiger partial charge is 0.382 e. The van der Waals surface area contributed by atoms with E-state index in [0.717, 1.165) is 12.6 Å². The summed E-state index contributed by atoms with van der Waals surface area (Å²) in [4.78, 5) is 22.4. The zero-order valence-corrected chi connectivity index (χ0v) is 19.1. The summed E-state index contributed by atoms with van der Waals surface area (Å²) in [6, 6.07) is 2.08. The highest BCUT2D eigenvalue weighted by molar-refractivity contribution is 7.99. The van der Waals surface area contributed by atoms with Crippen LogP contribution in [-0.4, -0.2) is 39.8 Å². The molecule has 0 bridgehead atoms. The third-order valence-electron chi connectivity index (χ3n) is 6.87. The number of rotatable bonds is 3. The van der Waals surface area contributed by atoms with Gasteiger partial charge in [0.1, 0.15) is 16.9 Å². The van der Waals surface area contributed by atoms with Gasteiger partial charge in [0.05, 0.1) is 0 Å². The van der Waals surface area contributed by atoms with E-state index in [1.165, 1.54) is 23.7 Å². The number of nitrogens with zero attached hydrogens (tertiary/aromatic N) is 4. The first kappa shape index (κ1) is 23.8. The van der Waals surface area contributed by atoms with Crippen LogP contribution in [0.15, 0.2) is 32.9 Å². The minimum Gasteiger partial charge on any atom is -0.382 e. The standard InChI is InChI=1S/C21H26F4N6OS/c1-11-10-20(15(26)13(11)22)5-8-31(9-6-20)19-29-17(27)14(18(32)30(19)2)33-12-4-3-7-28-16(12)21(23,24)25/h3-4,7,11,13,15H,5-6,8-10,26-27H2,1-2H3/t11-,13+,15-/m1/s1. The summed E-state index contributed by atoms with van der Waals surface area (Å²) in [7, 11) is 1.51. The van der Waals surface area contributed by atoms with Gasteiger partial charge in [-0.1, -0.05) is 18.7 Å². The van der Waals surface area contributed by atoms with Crippen molar-refractivity contribution in [2.75, 3.05) is 23.7 Å². The molecule has 0 radical (unpaired) electrons. The summed E-state index contributed by atoms with van der Waals surface area (Å²) in [5, 5.41) is 0. The van der Waals surface area contributed by atoms with Crippen LogP contribution < -0.4 is 21.9 Å². The Labute approximate surface area is 192 Å². The van der Waals surface area contributed by atoms with Gasteiger partial charge in [-0.2, -0.15) is 18.2 Å². The molecule has 33 heavy (non-hydrogen) atoms. The molecule has 4 rings (SSSR count). The van der Waals surface area contributed by atoms with Gasteiger partial charge in [0.2, 0.25) is 5.95 Å². The predicted octanol–water partition coefficient (Wildman–Crippen LogP) is 3.22. The van der Waals surface area contributed by atoms with E-state index in [4.69, 9.17) is 11.5 Å². The lowest BCUT2D eigenvalue weighted by molar-refractivity contribution is -0.143. The molecule has 180 valence electrons. The Hall–Kier alpha value is -2.34. The summed E-state index contributed by atoms with van der Waals surface area (Å²) in [5.74, 6) is 0.0933. The SMILES string of the molecule is C[C@@H]1CC2(CCN(c3nc(N)c(Sc4cccnc4C(F)(F)F)c(=O)n3C)CC2)[C@H](N)[C@H]1F. The quantitative estimate of drug-likeness (QED) is 0.642. The molecule has 0 aromatic carbocycles. The fourth-order valence-electron chi connectivity index (χ4n) is 5.03. The van der Waals surface area contributed by atoms with Crippen LogP contribution in [0, 0.1) is 11.3 Å². The van der Waals surface area contributed by atoms with Gasteiger partial charge in [-0.25, -0.2) is 4.39 Å². The molecule has 2 aliphatic rings. The van der Waals surface area contributed by atoms with E-state index < -0.39 is 29.6 Å². The Morgan fingerprint density at radius 3 is 2.52 bits per heavy atom. The van der Waals surface area contributed by atoms with Crippen LogP contribution in [0.1, 0.15) is 31.9 Å². The van der Waals surface area contributed by atoms with Gasteiger partial charge in [0, 0.05) is 37.3 Å². The summed E-state index contributed by atoms with van der Waals surface area (Å²) in [6.45, 7) is 2.93. The lowest BCUT2D eigenvalue weighted by atomic mass is 9.74. The molecule has 0 unspecified atom stereocenters. The molecule has 4 N–H and O–H groups in total. The van der Waals surface area contributed by atoms with Gasteiger partial charge in [-0.15, -0.1) is 0 Å². The minimum absolute atomic E-state index is 0.0879. The largest absolute Gasteiger partial charge is 0.434 e. The van der Waals surface area contributed by atoms with Crippen LogP contribution in [0.5, 0.6) is 0 Å². The first-order chi connectivity index (χ1) is 15.4. The molecular formula is C21H26F4N6OS. The second-order valence-electron chi connectivity index (χ2n) is 8.94. The third-order valence-corrected chi connectivity index (χ3v) is 8.00. The number of hydrogen-bond acceptors (Lipinski definition) is 7. The molecule has 1 saturated heterocycles. The second kappa shape index (κ2) is 8.46. The van der Waals surface area contributed by atoms with E-state index in [9.17, 15) is 22.4 Å². The Morgan fingerprint density at radius 1 is 1.27 bits per heavy atom. The van der Waals surface area contributed by atoms with Crippen molar-refractivity contribution in [3.8, 4) is 0 Å². The number of hydrogen-bond donors (Lipinski definition) is 2. The molecule has 1 saturated carbocycles. The highest BCUT2D eigenvalue weighted by Crippen LogP contribution is 2.49. The Morgan fingerprint density at radius 2 is 1.94 bits per heavy atom. The van der Waals surface area contributed by atoms with Gasteiger partial charge in [0.15, 0.2) is 5.69 Å². The van der Waals surface area contributed by atoms with Gasteiger partial charge in [-0.05, 0) is 42.7 Å². The van der Waals surface area contributed by atoms with E-state index in [1.807, 2.05) is 11.8 Å². The van der Waals surface area contributed by atoms with Crippen molar-refractivity contribution in [2.45, 2.75) is 54.4 Å². The van der Waals surface area contributed by atoms with Gasteiger partial charge >= 0.3 is 6.18 Å². The molecule has 2 fully saturated rings. The molecule has 2 aromatic heterocycles. The highest BCUT2D eigenvalue weighted by Gasteiger charge is 2.51. The second-order valence-corrected chi connectivity index (χ2v) is 9.99. The van der Waals surface area contributed by atoms with Crippen molar-refractivity contribution in [3.63, 3.8) is 0 Å². The van der Waals surface area contributed by atoms with Crippen LogP contribution in [0.3, 0.4) is 0 Å². The molecular weight excluding hydrogens is 460 g/mol. The maximum atomic E-state index is 14.4. The predicted molar refractivity (Wildman–Crippen MR) is 118 cm³/mol. The maximum absolute atomic E-state index is 14.4. The van der Waals surface area contributed by atoms with Gasteiger partial charge in [-0.3, -0.25) is 14.3 Å². The number of alkyl halides is 4. The van der Waals surface area contributed by atoms with E-state index in [0.29, 0.717) is 43.6 Å². The van der Waals surface area contributed by atoms with Crippen molar-refractivity contribution in [3.05, 3.63) is 34.4 Å². The van der Waals surface area contributed by atoms with Crippen molar-refractivity contribution >= 4 is 23.5 Å². The van der Waals surface area contributed by atoms with Crippen molar-refractivity contribution in [2.24, 2.45) is 24.1 Å². The zero-order valence-electron chi connectivity index (χ0n) is 18.3. The molecule has 1 spiro atoms. The molecule has 1 aliphatic carbocycles. The molecule has 3 heterocycles. The molecule has 7 nitrogen and oxygen atoms in total. The Kier molecular flexibility index (Phi) is 6.10. The average Bonchev–Trinajstić information content (AvgIpc) is 2.97. The Bertz CT molecular complexity index is 1100. The first-order valence-electron chi connectivity index (χ1n) is 10.7. The topological polar surface area (TPSA) is 103 Å². The van der Waals surface area contributed by atoms with Crippen molar-refractivity contribution < 1.29 is 17.6 Å². The monoisotopic (exact) mass is 486 g/mol. The normalized spacial score (nSPS) is 25.1. The van der Waals surface area contributed by atoms with E-state index >= 15 is 0 Å². The number of aromatic nitrogens is 3. The van der Waals surface area contributed by atoms with Crippen molar-refractivity contribution in [1.29, 1.82) is 0 Å². The fraction of sp³-hybridized carbons (Fsp3) is 0.571. The molecule has 0 amide bonds. The molecule has 12 heteroatoms. The minimum atomic E-state index is -4.67. The number of pyridine rings is 1. The lowest BCUT2D eigenvalue weighted by Gasteiger charge is -2.42. The number of halogens is 4. The maximum Gasteiger partial charge on any atom is 0.434 e. The number of nitrogen functional groups attached to an aromatic ring is 1. The van der Waals surface area contributed by atoms with E-state index in [2.05, 4.69) is 9.97 Å². The van der Waals surface area contributed by atoms with Crippen LogP contribution in [0.4, 0.5) is 29.3 Å². The van der Waals surface area contributed by atoms with Crippen LogP contribution >= 0.6 is 11.8 Å². The van der Waals surface area contributed by atoms with E-state index in [-0.39, 0.29) is 26.9 Å². The summed E-state index contributed by atoms with van der Waals surface area (Å²) in [6.07, 6.45) is -2.61. The Balaban J connectivity index is 1.59. The third kappa shape index (κ3) is 4.18. The number of nitrogens with two attached hydrogens (primary N) is 2.